The lowest BCUT2D eigenvalue weighted by Crippen LogP contribution is -2.31. The number of aryl methyl sites for hydroxylation is 1. The van der Waals surface area contributed by atoms with Gasteiger partial charge in [-0.25, -0.2) is 0 Å². The zero-order valence-corrected chi connectivity index (χ0v) is 16.7. The van der Waals surface area contributed by atoms with Crippen LogP contribution in [0.25, 0.3) is 0 Å². The summed E-state index contributed by atoms with van der Waals surface area (Å²) in [5, 5.41) is 3.47. The smallest absolute Gasteiger partial charge is 0.258 e. The molecule has 0 aliphatic heterocycles. The van der Waals surface area contributed by atoms with Crippen molar-refractivity contribution in [2.45, 2.75) is 39.7 Å². The van der Waals surface area contributed by atoms with Gasteiger partial charge in [0, 0.05) is 0 Å². The van der Waals surface area contributed by atoms with Crippen molar-refractivity contribution in [3.05, 3.63) is 58.1 Å². The Morgan fingerprint density at radius 3 is 2.42 bits per heavy atom. The Morgan fingerprint density at radius 1 is 1.12 bits per heavy atom. The van der Waals surface area contributed by atoms with Gasteiger partial charge >= 0.3 is 0 Å². The van der Waals surface area contributed by atoms with Gasteiger partial charge in [-0.3, -0.25) is 4.79 Å². The van der Waals surface area contributed by atoms with Crippen molar-refractivity contribution in [2.24, 2.45) is 0 Å². The third-order valence-electron chi connectivity index (χ3n) is 4.28. The highest BCUT2D eigenvalue weighted by Gasteiger charge is 2.17. The molecule has 4 nitrogen and oxygen atoms in total. The van der Waals surface area contributed by atoms with Crippen LogP contribution in [0, 0.1) is 6.92 Å². The van der Waals surface area contributed by atoms with Crippen LogP contribution < -0.4 is 14.8 Å². The van der Waals surface area contributed by atoms with Crippen molar-refractivity contribution in [3.8, 4) is 11.5 Å². The zero-order valence-electron chi connectivity index (χ0n) is 15.9. The molecule has 0 spiro atoms. The van der Waals surface area contributed by atoms with E-state index >= 15 is 0 Å². The maximum atomic E-state index is 12.3. The molecule has 0 bridgehead atoms. The minimum Gasteiger partial charge on any atom is -0.496 e. The Morgan fingerprint density at radius 2 is 1.81 bits per heavy atom. The van der Waals surface area contributed by atoms with Gasteiger partial charge in [0.2, 0.25) is 0 Å². The van der Waals surface area contributed by atoms with Gasteiger partial charge in [0.15, 0.2) is 6.61 Å². The minimum absolute atomic E-state index is 0.0830. The third-order valence-corrected chi connectivity index (χ3v) is 4.59. The molecule has 1 atom stereocenters. The van der Waals surface area contributed by atoms with Crippen molar-refractivity contribution in [2.75, 3.05) is 13.7 Å². The maximum absolute atomic E-state index is 12.3. The standard InChI is InChI=1S/C21H26ClNO3/c1-13(2)16-11-17(14(3)10-20(16)25-5)15(4)23-21(24)12-26-19-9-7-6-8-18(19)22/h6-11,13,15H,12H2,1-5H3,(H,23,24). The fourth-order valence-electron chi connectivity index (χ4n) is 2.88. The highest BCUT2D eigenvalue weighted by Crippen LogP contribution is 2.32. The van der Waals surface area contributed by atoms with Gasteiger partial charge in [0.1, 0.15) is 11.5 Å². The van der Waals surface area contributed by atoms with E-state index in [1.807, 2.05) is 32.0 Å². The van der Waals surface area contributed by atoms with Crippen molar-refractivity contribution >= 4 is 17.5 Å². The van der Waals surface area contributed by atoms with Gasteiger partial charge in [-0.1, -0.05) is 37.6 Å². The number of hydrogen-bond acceptors (Lipinski definition) is 3. The Bertz CT molecular complexity index is 774. The molecule has 0 saturated carbocycles. The van der Waals surface area contributed by atoms with Gasteiger partial charge in [-0.15, -0.1) is 0 Å². The Kier molecular flexibility index (Phi) is 6.92. The lowest BCUT2D eigenvalue weighted by molar-refractivity contribution is -0.123. The molecule has 2 aromatic rings. The molecule has 140 valence electrons. The van der Waals surface area contributed by atoms with E-state index in [9.17, 15) is 4.79 Å². The summed E-state index contributed by atoms with van der Waals surface area (Å²) >= 11 is 6.04. The first-order valence-electron chi connectivity index (χ1n) is 8.68. The molecule has 1 N–H and O–H groups in total. The number of amides is 1. The first-order valence-corrected chi connectivity index (χ1v) is 9.06. The van der Waals surface area contributed by atoms with E-state index in [-0.39, 0.29) is 18.6 Å². The van der Waals surface area contributed by atoms with E-state index in [1.54, 1.807) is 19.2 Å². The van der Waals surface area contributed by atoms with Crippen molar-refractivity contribution in [1.82, 2.24) is 5.32 Å². The summed E-state index contributed by atoms with van der Waals surface area (Å²) in [5.41, 5.74) is 3.27. The Hall–Kier alpha value is -2.20. The summed E-state index contributed by atoms with van der Waals surface area (Å²) in [4.78, 5) is 12.3. The topological polar surface area (TPSA) is 47.6 Å². The van der Waals surface area contributed by atoms with Gasteiger partial charge in [-0.05, 0) is 60.7 Å². The van der Waals surface area contributed by atoms with Crippen LogP contribution in [-0.2, 0) is 4.79 Å². The Balaban J connectivity index is 2.07. The van der Waals surface area contributed by atoms with Crippen molar-refractivity contribution in [1.29, 1.82) is 0 Å². The van der Waals surface area contributed by atoms with Crippen LogP contribution in [0.2, 0.25) is 5.02 Å². The molecule has 0 radical (unpaired) electrons. The van der Waals surface area contributed by atoms with Gasteiger partial charge in [-0.2, -0.15) is 0 Å². The number of nitrogens with one attached hydrogen (secondary N) is 1. The monoisotopic (exact) mass is 375 g/mol. The minimum atomic E-state index is -0.196. The van der Waals surface area contributed by atoms with Gasteiger partial charge in [0.25, 0.3) is 5.91 Å². The molecule has 5 heteroatoms. The zero-order chi connectivity index (χ0) is 19.3. The molecule has 0 aliphatic rings. The van der Waals surface area contributed by atoms with Crippen LogP contribution in [-0.4, -0.2) is 19.6 Å². The van der Waals surface area contributed by atoms with E-state index in [0.29, 0.717) is 16.7 Å². The SMILES string of the molecule is COc1cc(C)c(C(C)NC(=O)COc2ccccc2Cl)cc1C(C)C. The summed E-state index contributed by atoms with van der Waals surface area (Å²) in [5.74, 6) is 1.51. The van der Waals surface area contributed by atoms with Crippen LogP contribution in [0.1, 0.15) is 49.4 Å². The average molecular weight is 376 g/mol. The first kappa shape index (κ1) is 20.1. The van der Waals surface area contributed by atoms with Gasteiger partial charge in [0.05, 0.1) is 18.2 Å². The normalized spacial score (nSPS) is 12.0. The largest absolute Gasteiger partial charge is 0.496 e. The quantitative estimate of drug-likeness (QED) is 0.737. The van der Waals surface area contributed by atoms with Crippen LogP contribution in [0.4, 0.5) is 0 Å². The first-order chi connectivity index (χ1) is 12.3. The molecule has 0 aliphatic carbocycles. The molecule has 0 saturated heterocycles. The summed E-state index contributed by atoms with van der Waals surface area (Å²) in [7, 11) is 1.68. The highest BCUT2D eigenvalue weighted by atomic mass is 35.5. The van der Waals surface area contributed by atoms with Crippen LogP contribution >= 0.6 is 11.6 Å². The summed E-state index contributed by atoms with van der Waals surface area (Å²) in [6.07, 6.45) is 0. The van der Waals surface area contributed by atoms with Gasteiger partial charge < -0.3 is 14.8 Å². The van der Waals surface area contributed by atoms with E-state index in [0.717, 1.165) is 22.4 Å². The third kappa shape index (κ3) is 4.92. The molecule has 1 amide bonds. The van der Waals surface area contributed by atoms with E-state index in [2.05, 4.69) is 25.2 Å². The molecule has 26 heavy (non-hydrogen) atoms. The van der Waals surface area contributed by atoms with E-state index < -0.39 is 0 Å². The number of rotatable bonds is 7. The molecule has 0 fully saturated rings. The predicted molar refractivity (Wildman–Crippen MR) is 105 cm³/mol. The second-order valence-electron chi connectivity index (χ2n) is 6.61. The molecule has 0 heterocycles. The highest BCUT2D eigenvalue weighted by molar-refractivity contribution is 6.32. The Labute approximate surface area is 160 Å². The van der Waals surface area contributed by atoms with Crippen LogP contribution in [0.15, 0.2) is 36.4 Å². The second-order valence-corrected chi connectivity index (χ2v) is 7.02. The molecule has 0 aromatic heterocycles. The fraction of sp³-hybridized carbons (Fsp3) is 0.381. The number of carbonyl (C=O) groups is 1. The molecule has 2 aromatic carbocycles. The molecular weight excluding hydrogens is 350 g/mol. The number of para-hydroxylation sites is 1. The molecule has 1 unspecified atom stereocenters. The van der Waals surface area contributed by atoms with Crippen LogP contribution in [0.3, 0.4) is 0 Å². The summed E-state index contributed by atoms with van der Waals surface area (Å²) < 4.78 is 11.0. The number of halogens is 1. The number of methoxy groups -OCH3 is 1. The fourth-order valence-corrected chi connectivity index (χ4v) is 3.07. The van der Waals surface area contributed by atoms with Crippen molar-refractivity contribution < 1.29 is 14.3 Å². The maximum Gasteiger partial charge on any atom is 0.258 e. The number of carbonyl (C=O) groups excluding carboxylic acids is 1. The van der Waals surface area contributed by atoms with E-state index in [1.165, 1.54) is 0 Å². The van der Waals surface area contributed by atoms with E-state index in [4.69, 9.17) is 21.1 Å². The van der Waals surface area contributed by atoms with Crippen molar-refractivity contribution in [3.63, 3.8) is 0 Å². The molecular formula is C21H26ClNO3. The summed E-state index contributed by atoms with van der Waals surface area (Å²) in [6.45, 7) is 8.15. The number of ether oxygens (including phenoxy) is 2. The van der Waals surface area contributed by atoms with Crippen LogP contribution in [0.5, 0.6) is 11.5 Å². The predicted octanol–water partition coefficient (Wildman–Crippen LogP) is 5.04. The average Bonchev–Trinajstić information content (AvgIpc) is 2.60. The second kappa shape index (κ2) is 8.95. The summed E-state index contributed by atoms with van der Waals surface area (Å²) in [6, 6.07) is 11.1. The number of hydrogen-bond donors (Lipinski definition) is 1. The lowest BCUT2D eigenvalue weighted by atomic mass is 9.93. The lowest BCUT2D eigenvalue weighted by Gasteiger charge is -2.21. The molecule has 2 rings (SSSR count). The number of benzene rings is 2.